The summed E-state index contributed by atoms with van der Waals surface area (Å²) in [5, 5.41) is 0.431. The van der Waals surface area contributed by atoms with E-state index in [1.54, 1.807) is 6.08 Å². The zero-order chi connectivity index (χ0) is 20.3. The van der Waals surface area contributed by atoms with E-state index < -0.39 is 8.07 Å². The molecule has 0 aliphatic heterocycles. The molecule has 0 N–H and O–H groups in total. The first-order chi connectivity index (χ1) is 11.9. The van der Waals surface area contributed by atoms with Crippen LogP contribution in [0.5, 0.6) is 0 Å². The van der Waals surface area contributed by atoms with Crippen LogP contribution in [-0.2, 0) is 4.79 Å². The van der Waals surface area contributed by atoms with Crippen molar-refractivity contribution >= 4 is 19.2 Å². The molecule has 0 aromatic heterocycles. The molecule has 3 nitrogen and oxygen atoms in total. The molecular formula is C22H38N2OSi. The van der Waals surface area contributed by atoms with Crippen LogP contribution >= 0.6 is 0 Å². The number of rotatable bonds is 7. The lowest BCUT2D eigenvalue weighted by Crippen LogP contribution is -2.55. The van der Waals surface area contributed by atoms with Crippen molar-refractivity contribution in [1.29, 1.82) is 0 Å². The molecule has 0 fully saturated rings. The highest BCUT2D eigenvalue weighted by atomic mass is 28.3. The van der Waals surface area contributed by atoms with E-state index in [1.165, 1.54) is 17.6 Å². The molecule has 0 aromatic rings. The number of ketones is 1. The Hall–Kier alpha value is -1.25. The number of allylic oxidation sites excluding steroid dienone is 4. The largest absolute Gasteiger partial charge is 0.362 e. The van der Waals surface area contributed by atoms with Gasteiger partial charge in [-0.3, -0.25) is 4.79 Å². The van der Waals surface area contributed by atoms with Crippen LogP contribution in [0.1, 0.15) is 81.6 Å². The molecule has 0 aromatic carbocycles. The van der Waals surface area contributed by atoms with E-state index in [2.05, 4.69) is 67.1 Å². The monoisotopic (exact) mass is 374 g/mol. The third-order valence-corrected chi connectivity index (χ3v) is 13.5. The summed E-state index contributed by atoms with van der Waals surface area (Å²) in [7, 11) is -2.28. The Labute approximate surface area is 161 Å². The summed E-state index contributed by atoms with van der Waals surface area (Å²) in [6.45, 7) is 19.7. The van der Waals surface area contributed by atoms with Crippen molar-refractivity contribution in [3.8, 4) is 0 Å². The van der Waals surface area contributed by atoms with Crippen LogP contribution in [0.15, 0.2) is 23.3 Å². The van der Waals surface area contributed by atoms with Gasteiger partial charge in [-0.15, -0.1) is 0 Å². The molecule has 0 amide bonds. The van der Waals surface area contributed by atoms with Crippen molar-refractivity contribution in [2.75, 3.05) is 0 Å². The zero-order valence-corrected chi connectivity index (χ0v) is 19.3. The van der Waals surface area contributed by atoms with Crippen LogP contribution < -0.4 is 0 Å². The van der Waals surface area contributed by atoms with Crippen LogP contribution in [-0.4, -0.2) is 24.0 Å². The number of hydrogen-bond acceptors (Lipinski definition) is 1. The van der Waals surface area contributed by atoms with Gasteiger partial charge < -0.3 is 5.53 Å². The van der Waals surface area contributed by atoms with Crippen molar-refractivity contribution < 1.29 is 9.58 Å². The molecule has 26 heavy (non-hydrogen) atoms. The van der Waals surface area contributed by atoms with Crippen LogP contribution in [0.4, 0.5) is 0 Å². The molecule has 1 rings (SSSR count). The molecule has 0 spiro atoms. The summed E-state index contributed by atoms with van der Waals surface area (Å²) < 4.78 is 0. The van der Waals surface area contributed by atoms with Crippen molar-refractivity contribution in [2.24, 2.45) is 5.41 Å². The van der Waals surface area contributed by atoms with Gasteiger partial charge in [0.25, 0.3) is 5.78 Å². The molecule has 0 saturated heterocycles. The maximum atomic E-state index is 13.1. The Balaban J connectivity index is 3.35. The third-order valence-electron chi connectivity index (χ3n) is 6.55. The minimum absolute atomic E-state index is 0.0955. The molecule has 146 valence electrons. The highest BCUT2D eigenvalue weighted by Gasteiger charge is 2.55. The molecule has 0 unspecified atom stereocenters. The molecule has 1 aliphatic rings. The molecular weight excluding hydrogens is 336 g/mol. The van der Waals surface area contributed by atoms with Gasteiger partial charge >= 0.3 is 5.33 Å². The fourth-order valence-electron chi connectivity index (χ4n) is 5.42. The average Bonchev–Trinajstić information content (AvgIpc) is 2.49. The predicted molar refractivity (Wildman–Crippen MR) is 114 cm³/mol. The van der Waals surface area contributed by atoms with Crippen molar-refractivity contribution in [3.63, 3.8) is 0 Å². The van der Waals surface area contributed by atoms with Gasteiger partial charge in [-0.05, 0) is 59.9 Å². The van der Waals surface area contributed by atoms with E-state index in [-0.39, 0.29) is 11.2 Å². The average molecular weight is 375 g/mol. The lowest BCUT2D eigenvalue weighted by molar-refractivity contribution is -0.112. The van der Waals surface area contributed by atoms with Crippen molar-refractivity contribution in [1.82, 2.24) is 0 Å². The lowest BCUT2D eigenvalue weighted by atomic mass is 9.72. The summed E-state index contributed by atoms with van der Waals surface area (Å²) >= 11 is 0. The second kappa shape index (κ2) is 8.62. The Bertz CT molecular complexity index is 625. The van der Waals surface area contributed by atoms with Gasteiger partial charge in [-0.1, -0.05) is 67.0 Å². The Kier molecular flexibility index (Phi) is 7.56. The minimum Gasteiger partial charge on any atom is -0.362 e. The fraction of sp³-hybridized carbons (Fsp3) is 0.727. The summed E-state index contributed by atoms with van der Waals surface area (Å²) in [6.07, 6.45) is 7.10. The summed E-state index contributed by atoms with van der Waals surface area (Å²) in [5.74, 6) is -0.114. The Morgan fingerprint density at radius 2 is 1.62 bits per heavy atom. The first kappa shape index (κ1) is 22.8. The van der Waals surface area contributed by atoms with E-state index in [4.69, 9.17) is 0 Å². The SMILES string of the molecule is CC1=C(/C=C/C(=O)C(=[N+]=[N-])[Si](C(C)C)(C(C)C)C(C)C)C(C)(C)CCC1. The summed E-state index contributed by atoms with van der Waals surface area (Å²) in [6, 6.07) is 0. The van der Waals surface area contributed by atoms with Gasteiger partial charge in [0.2, 0.25) is 8.07 Å². The van der Waals surface area contributed by atoms with Gasteiger partial charge in [0.1, 0.15) is 0 Å². The van der Waals surface area contributed by atoms with E-state index in [0.717, 1.165) is 12.8 Å². The maximum Gasteiger partial charge on any atom is 0.305 e. The second-order valence-corrected chi connectivity index (χ2v) is 15.3. The number of carbonyl (C=O) groups is 1. The highest BCUT2D eigenvalue weighted by molar-refractivity contribution is 7.16. The molecule has 0 saturated carbocycles. The normalized spacial score (nSPS) is 18.2. The Morgan fingerprint density at radius 1 is 1.12 bits per heavy atom. The van der Waals surface area contributed by atoms with Crippen molar-refractivity contribution in [3.05, 3.63) is 28.8 Å². The second-order valence-electron chi connectivity index (χ2n) is 9.47. The number of nitrogens with zero attached hydrogens (tertiary/aromatic N) is 2. The van der Waals surface area contributed by atoms with Gasteiger partial charge in [0.15, 0.2) is 0 Å². The van der Waals surface area contributed by atoms with Crippen LogP contribution in [0.3, 0.4) is 0 Å². The van der Waals surface area contributed by atoms with E-state index in [9.17, 15) is 10.3 Å². The minimum atomic E-state index is -2.28. The van der Waals surface area contributed by atoms with Gasteiger partial charge in [-0.2, -0.15) is 4.79 Å². The Morgan fingerprint density at radius 3 is 2.00 bits per heavy atom. The van der Waals surface area contributed by atoms with Crippen LogP contribution in [0.2, 0.25) is 16.6 Å². The van der Waals surface area contributed by atoms with E-state index >= 15 is 0 Å². The highest BCUT2D eigenvalue weighted by Crippen LogP contribution is 2.43. The maximum absolute atomic E-state index is 13.1. The van der Waals surface area contributed by atoms with Crippen LogP contribution in [0.25, 0.3) is 5.53 Å². The fourth-order valence-corrected chi connectivity index (χ4v) is 11.7. The van der Waals surface area contributed by atoms with Gasteiger partial charge in [0.05, 0.1) is 0 Å². The van der Waals surface area contributed by atoms with Gasteiger partial charge in [0, 0.05) is 0 Å². The number of hydrogen-bond donors (Lipinski definition) is 0. The molecule has 0 radical (unpaired) electrons. The third kappa shape index (κ3) is 4.18. The predicted octanol–water partition coefficient (Wildman–Crippen LogP) is 6.53. The standard InChI is InChI=1S/C22H38N2OSi/c1-15(2)26(16(3)4,17(5)6)21(24-23)20(25)13-12-19-18(7)11-10-14-22(19,8)9/h12-13,15-17H,10-11,14H2,1-9H3/b13-12+. The van der Waals surface area contributed by atoms with E-state index in [1.807, 2.05) is 6.08 Å². The molecule has 4 heteroatoms. The first-order valence-electron chi connectivity index (χ1n) is 10.1. The first-order valence-corrected chi connectivity index (χ1v) is 12.3. The molecule has 0 heterocycles. The molecule has 0 atom stereocenters. The summed E-state index contributed by atoms with van der Waals surface area (Å²) in [5.41, 5.74) is 13.5. The summed E-state index contributed by atoms with van der Waals surface area (Å²) in [4.78, 5) is 16.7. The zero-order valence-electron chi connectivity index (χ0n) is 18.3. The topological polar surface area (TPSA) is 53.5 Å². The lowest BCUT2D eigenvalue weighted by Gasteiger charge is -2.37. The van der Waals surface area contributed by atoms with E-state index in [0.29, 0.717) is 22.0 Å². The van der Waals surface area contributed by atoms with Gasteiger partial charge in [-0.25, -0.2) is 0 Å². The quantitative estimate of drug-likeness (QED) is 0.164. The van der Waals surface area contributed by atoms with Crippen LogP contribution in [0, 0.1) is 5.41 Å². The molecule has 1 aliphatic carbocycles. The molecule has 0 bridgehead atoms. The smallest absolute Gasteiger partial charge is 0.305 e. The van der Waals surface area contributed by atoms with Crippen molar-refractivity contribution in [2.45, 2.75) is 98.2 Å². The number of carbonyl (C=O) groups excluding carboxylic acids is 1.